The van der Waals surface area contributed by atoms with Gasteiger partial charge in [0.1, 0.15) is 12.4 Å². The van der Waals surface area contributed by atoms with E-state index in [0.717, 1.165) is 69.6 Å². The van der Waals surface area contributed by atoms with E-state index < -0.39 is 0 Å². The summed E-state index contributed by atoms with van der Waals surface area (Å²) in [7, 11) is 0. The molecule has 0 aromatic heterocycles. The third-order valence-corrected chi connectivity index (χ3v) is 8.70. The van der Waals surface area contributed by atoms with Crippen molar-refractivity contribution in [1.82, 2.24) is 9.80 Å². The molecule has 0 unspecified atom stereocenters. The van der Waals surface area contributed by atoms with Crippen molar-refractivity contribution in [2.24, 2.45) is 11.3 Å². The number of carbonyl (C=O) groups excluding carboxylic acids is 2. The number of amides is 2. The number of ether oxygens (including phenoxy) is 1. The molecule has 0 saturated carbocycles. The molecule has 2 fully saturated rings. The molecule has 4 aliphatic rings. The Kier molecular flexibility index (Phi) is 5.84. The van der Waals surface area contributed by atoms with Crippen LogP contribution in [-0.2, 0) is 22.4 Å². The normalized spacial score (nSPS) is 20.9. The van der Waals surface area contributed by atoms with Crippen LogP contribution in [0.5, 0.6) is 5.75 Å². The van der Waals surface area contributed by atoms with E-state index in [4.69, 9.17) is 16.3 Å². The van der Waals surface area contributed by atoms with E-state index in [0.29, 0.717) is 35.4 Å². The Labute approximate surface area is 211 Å². The van der Waals surface area contributed by atoms with Gasteiger partial charge in [0.05, 0.1) is 5.57 Å². The van der Waals surface area contributed by atoms with Gasteiger partial charge in [-0.3, -0.25) is 9.59 Å². The van der Waals surface area contributed by atoms with E-state index in [9.17, 15) is 9.59 Å². The molecule has 182 valence electrons. The SMILES string of the molecule is O=C(CC1Cc2ccccc2C1)N1CCC2(CC1)CCN(C(=O)C1=Cc3cc(Cl)ccc3OC1)C2. The van der Waals surface area contributed by atoms with Gasteiger partial charge in [-0.15, -0.1) is 0 Å². The summed E-state index contributed by atoms with van der Waals surface area (Å²) in [5.74, 6) is 1.56. The van der Waals surface area contributed by atoms with Gasteiger partial charge in [0.15, 0.2) is 0 Å². The molecule has 2 aromatic rings. The van der Waals surface area contributed by atoms with Gasteiger partial charge in [-0.1, -0.05) is 35.9 Å². The molecule has 0 atom stereocenters. The third-order valence-electron chi connectivity index (χ3n) is 8.46. The number of benzene rings is 2. The van der Waals surface area contributed by atoms with Crippen LogP contribution in [0.4, 0.5) is 0 Å². The summed E-state index contributed by atoms with van der Waals surface area (Å²) in [6, 6.07) is 14.1. The molecular formula is C29H31ClN2O3. The lowest BCUT2D eigenvalue weighted by molar-refractivity contribution is -0.135. The number of rotatable bonds is 3. The van der Waals surface area contributed by atoms with E-state index >= 15 is 0 Å². The minimum Gasteiger partial charge on any atom is -0.488 e. The highest BCUT2D eigenvalue weighted by atomic mass is 35.5. The Morgan fingerprint density at radius 1 is 0.971 bits per heavy atom. The van der Waals surface area contributed by atoms with Crippen molar-refractivity contribution in [2.45, 2.75) is 38.5 Å². The molecule has 6 rings (SSSR count). The molecule has 0 radical (unpaired) electrons. The predicted octanol–water partition coefficient (Wildman–Crippen LogP) is 4.76. The number of hydrogen-bond donors (Lipinski definition) is 0. The molecule has 35 heavy (non-hydrogen) atoms. The molecule has 3 heterocycles. The Morgan fingerprint density at radius 3 is 2.37 bits per heavy atom. The van der Waals surface area contributed by atoms with Crippen molar-refractivity contribution in [3.05, 3.63) is 69.8 Å². The van der Waals surface area contributed by atoms with Crippen LogP contribution in [0.3, 0.4) is 0 Å². The average Bonchev–Trinajstić information content (AvgIpc) is 3.47. The van der Waals surface area contributed by atoms with Crippen molar-refractivity contribution in [1.29, 1.82) is 0 Å². The molecule has 6 heteroatoms. The van der Waals surface area contributed by atoms with Crippen LogP contribution >= 0.6 is 11.6 Å². The van der Waals surface area contributed by atoms with Crippen LogP contribution in [0.15, 0.2) is 48.0 Å². The maximum Gasteiger partial charge on any atom is 0.253 e. The van der Waals surface area contributed by atoms with E-state index in [1.54, 1.807) is 6.07 Å². The molecule has 0 bridgehead atoms. The minimum absolute atomic E-state index is 0.0619. The zero-order valence-electron chi connectivity index (χ0n) is 20.0. The van der Waals surface area contributed by atoms with Crippen LogP contribution in [0.25, 0.3) is 6.08 Å². The molecule has 5 nitrogen and oxygen atoms in total. The first-order valence-electron chi connectivity index (χ1n) is 12.7. The number of likely N-dealkylation sites (tertiary alicyclic amines) is 2. The Hall–Kier alpha value is -2.79. The zero-order valence-corrected chi connectivity index (χ0v) is 20.7. The van der Waals surface area contributed by atoms with Crippen molar-refractivity contribution >= 4 is 29.5 Å². The van der Waals surface area contributed by atoms with Gasteiger partial charge in [0.2, 0.25) is 5.91 Å². The predicted molar refractivity (Wildman–Crippen MR) is 136 cm³/mol. The van der Waals surface area contributed by atoms with Gasteiger partial charge < -0.3 is 14.5 Å². The quantitative estimate of drug-likeness (QED) is 0.623. The lowest BCUT2D eigenvalue weighted by Crippen LogP contribution is -2.45. The highest BCUT2D eigenvalue weighted by Gasteiger charge is 2.43. The number of hydrogen-bond acceptors (Lipinski definition) is 3. The summed E-state index contributed by atoms with van der Waals surface area (Å²) < 4.78 is 5.81. The fraction of sp³-hybridized carbons (Fsp3) is 0.448. The van der Waals surface area contributed by atoms with Gasteiger partial charge in [-0.25, -0.2) is 0 Å². The monoisotopic (exact) mass is 490 g/mol. The summed E-state index contributed by atoms with van der Waals surface area (Å²) in [6.07, 6.45) is 7.56. The maximum atomic E-state index is 13.3. The van der Waals surface area contributed by atoms with Gasteiger partial charge in [-0.05, 0) is 78.8 Å². The van der Waals surface area contributed by atoms with Gasteiger partial charge in [0.25, 0.3) is 5.91 Å². The molecule has 2 saturated heterocycles. The molecule has 3 aliphatic heterocycles. The lowest BCUT2D eigenvalue weighted by Gasteiger charge is -2.39. The third kappa shape index (κ3) is 4.47. The van der Waals surface area contributed by atoms with Crippen LogP contribution in [-0.4, -0.2) is 54.4 Å². The van der Waals surface area contributed by atoms with Gasteiger partial charge in [0, 0.05) is 43.2 Å². The Balaban J connectivity index is 1.03. The standard InChI is InChI=1S/C29H31ClN2O3/c30-25-5-6-26-23(17-25)16-24(18-35-26)28(34)32-12-9-29(19-32)7-10-31(11-8-29)27(33)15-20-13-21-3-1-2-4-22(21)14-20/h1-6,16-17,20H,7-15,18-19H2. The molecular weight excluding hydrogens is 460 g/mol. The summed E-state index contributed by atoms with van der Waals surface area (Å²) in [4.78, 5) is 30.4. The van der Waals surface area contributed by atoms with E-state index in [-0.39, 0.29) is 11.3 Å². The summed E-state index contributed by atoms with van der Waals surface area (Å²) in [5.41, 5.74) is 4.49. The molecule has 2 aromatic carbocycles. The van der Waals surface area contributed by atoms with Crippen LogP contribution in [0.1, 0.15) is 42.4 Å². The number of piperidine rings is 1. The largest absolute Gasteiger partial charge is 0.488 e. The van der Waals surface area contributed by atoms with Crippen LogP contribution in [0.2, 0.25) is 5.02 Å². The van der Waals surface area contributed by atoms with Crippen molar-refractivity contribution in [3.8, 4) is 5.75 Å². The highest BCUT2D eigenvalue weighted by Crippen LogP contribution is 2.41. The smallest absolute Gasteiger partial charge is 0.253 e. The van der Waals surface area contributed by atoms with Crippen molar-refractivity contribution in [2.75, 3.05) is 32.8 Å². The van der Waals surface area contributed by atoms with Crippen LogP contribution < -0.4 is 4.74 Å². The van der Waals surface area contributed by atoms with Crippen molar-refractivity contribution in [3.63, 3.8) is 0 Å². The van der Waals surface area contributed by atoms with E-state index in [1.807, 2.05) is 23.1 Å². The van der Waals surface area contributed by atoms with E-state index in [2.05, 4.69) is 29.2 Å². The first kappa shape index (κ1) is 22.7. The number of nitrogens with zero attached hydrogens (tertiary/aromatic N) is 2. The fourth-order valence-corrected chi connectivity index (χ4v) is 6.57. The van der Waals surface area contributed by atoms with E-state index in [1.165, 1.54) is 11.1 Å². The number of halogens is 1. The number of fused-ring (bicyclic) bond motifs is 2. The lowest BCUT2D eigenvalue weighted by atomic mass is 9.77. The second-order valence-corrected chi connectivity index (χ2v) is 11.2. The van der Waals surface area contributed by atoms with Crippen molar-refractivity contribution < 1.29 is 14.3 Å². The minimum atomic E-state index is 0.0619. The Bertz CT molecular complexity index is 1170. The summed E-state index contributed by atoms with van der Waals surface area (Å²) in [5, 5.41) is 0.635. The second-order valence-electron chi connectivity index (χ2n) is 10.7. The average molecular weight is 491 g/mol. The van der Waals surface area contributed by atoms with Crippen LogP contribution in [0, 0.1) is 11.3 Å². The van der Waals surface area contributed by atoms with Gasteiger partial charge >= 0.3 is 0 Å². The van der Waals surface area contributed by atoms with Gasteiger partial charge in [-0.2, -0.15) is 0 Å². The fourth-order valence-electron chi connectivity index (χ4n) is 6.39. The Morgan fingerprint density at radius 2 is 1.66 bits per heavy atom. The molecule has 1 spiro atoms. The molecule has 1 aliphatic carbocycles. The highest BCUT2D eigenvalue weighted by molar-refractivity contribution is 6.30. The first-order valence-corrected chi connectivity index (χ1v) is 13.1. The summed E-state index contributed by atoms with van der Waals surface area (Å²) in [6.45, 7) is 3.44. The topological polar surface area (TPSA) is 49.9 Å². The first-order chi connectivity index (χ1) is 17.0. The zero-order chi connectivity index (χ0) is 24.0. The molecule has 0 N–H and O–H groups in total. The molecule has 2 amide bonds. The number of carbonyl (C=O) groups is 2. The maximum absolute atomic E-state index is 13.3. The summed E-state index contributed by atoms with van der Waals surface area (Å²) >= 11 is 6.12. The second kappa shape index (κ2) is 9.02.